The molecule has 5 heteroatoms. The summed E-state index contributed by atoms with van der Waals surface area (Å²) in [4.78, 5) is 0. The van der Waals surface area contributed by atoms with Crippen molar-refractivity contribution in [1.82, 2.24) is 20.3 Å². The quantitative estimate of drug-likeness (QED) is 0.787. The van der Waals surface area contributed by atoms with Crippen LogP contribution in [0.5, 0.6) is 0 Å². The highest BCUT2D eigenvalue weighted by Gasteiger charge is 2.25. The summed E-state index contributed by atoms with van der Waals surface area (Å²) in [5.74, 6) is 0.392. The summed E-state index contributed by atoms with van der Waals surface area (Å²) in [6.07, 6.45) is 0. The number of aryl methyl sites for hydroxylation is 1. The van der Waals surface area contributed by atoms with Crippen LogP contribution < -0.4 is 5.32 Å². The van der Waals surface area contributed by atoms with Gasteiger partial charge in [0.15, 0.2) is 0 Å². The van der Waals surface area contributed by atoms with Crippen LogP contribution in [0.4, 0.5) is 0 Å². The standard InChI is InChI=1S/C10H18N4O/c1-3-14-10-8(7-15-4-2)5-11-6-9(10)12-13-14/h8,11H,3-7H2,1-2H3. The molecule has 0 amide bonds. The lowest BCUT2D eigenvalue weighted by Crippen LogP contribution is -2.32. The average molecular weight is 210 g/mol. The minimum atomic E-state index is 0.392. The molecule has 0 spiro atoms. The van der Waals surface area contributed by atoms with E-state index in [4.69, 9.17) is 4.74 Å². The number of ether oxygens (including phenoxy) is 1. The van der Waals surface area contributed by atoms with Gasteiger partial charge in [0.25, 0.3) is 0 Å². The molecule has 0 radical (unpaired) electrons. The Hall–Kier alpha value is -0.940. The topological polar surface area (TPSA) is 52.0 Å². The number of nitrogens with zero attached hydrogens (tertiary/aromatic N) is 3. The third kappa shape index (κ3) is 2.03. The second kappa shape index (κ2) is 4.72. The van der Waals surface area contributed by atoms with Gasteiger partial charge in [0, 0.05) is 32.2 Å². The molecule has 15 heavy (non-hydrogen) atoms. The number of hydrogen-bond acceptors (Lipinski definition) is 4. The van der Waals surface area contributed by atoms with Crippen LogP contribution >= 0.6 is 0 Å². The minimum Gasteiger partial charge on any atom is -0.381 e. The Morgan fingerprint density at radius 1 is 1.53 bits per heavy atom. The first kappa shape index (κ1) is 10.6. The Morgan fingerprint density at radius 2 is 2.40 bits per heavy atom. The highest BCUT2D eigenvalue weighted by Crippen LogP contribution is 2.22. The Balaban J connectivity index is 2.19. The number of nitrogens with one attached hydrogen (secondary N) is 1. The van der Waals surface area contributed by atoms with E-state index >= 15 is 0 Å². The molecule has 0 aliphatic carbocycles. The van der Waals surface area contributed by atoms with Crippen LogP contribution in [0.1, 0.15) is 31.2 Å². The maximum absolute atomic E-state index is 5.49. The summed E-state index contributed by atoms with van der Waals surface area (Å²) in [5, 5.41) is 11.7. The third-order valence-electron chi connectivity index (χ3n) is 2.74. The van der Waals surface area contributed by atoms with Gasteiger partial charge in [-0.15, -0.1) is 5.10 Å². The van der Waals surface area contributed by atoms with Crippen LogP contribution in [-0.2, 0) is 17.8 Å². The Bertz CT molecular complexity index is 310. The first-order valence-corrected chi connectivity index (χ1v) is 5.57. The van der Waals surface area contributed by atoms with E-state index in [-0.39, 0.29) is 0 Å². The Labute approximate surface area is 89.8 Å². The molecule has 0 fully saturated rings. The third-order valence-corrected chi connectivity index (χ3v) is 2.74. The molecule has 0 aromatic carbocycles. The van der Waals surface area contributed by atoms with Crippen molar-refractivity contribution in [3.05, 3.63) is 11.4 Å². The maximum Gasteiger partial charge on any atom is 0.100 e. The monoisotopic (exact) mass is 210 g/mol. The van der Waals surface area contributed by atoms with Crippen LogP contribution in [-0.4, -0.2) is 34.8 Å². The summed E-state index contributed by atoms with van der Waals surface area (Å²) in [6.45, 7) is 8.30. The molecule has 1 aliphatic heterocycles. The smallest absolute Gasteiger partial charge is 0.100 e. The molecule has 1 aliphatic rings. The van der Waals surface area contributed by atoms with E-state index in [1.54, 1.807) is 0 Å². The molecule has 1 aromatic heterocycles. The molecule has 0 saturated heterocycles. The van der Waals surface area contributed by atoms with Crippen LogP contribution in [0.15, 0.2) is 0 Å². The van der Waals surface area contributed by atoms with E-state index in [0.29, 0.717) is 5.92 Å². The van der Waals surface area contributed by atoms with Crippen LogP contribution in [0, 0.1) is 0 Å². The fourth-order valence-electron chi connectivity index (χ4n) is 2.02. The van der Waals surface area contributed by atoms with Crippen LogP contribution in [0.2, 0.25) is 0 Å². The van der Waals surface area contributed by atoms with Crippen molar-refractivity contribution in [3.63, 3.8) is 0 Å². The summed E-state index contributed by atoms with van der Waals surface area (Å²) in [7, 11) is 0. The predicted molar refractivity (Wildman–Crippen MR) is 56.6 cm³/mol. The van der Waals surface area contributed by atoms with Crippen molar-refractivity contribution in [1.29, 1.82) is 0 Å². The van der Waals surface area contributed by atoms with E-state index in [2.05, 4.69) is 22.6 Å². The van der Waals surface area contributed by atoms with Gasteiger partial charge in [-0.1, -0.05) is 5.21 Å². The number of hydrogen-bond donors (Lipinski definition) is 1. The molecule has 2 rings (SSSR count). The molecule has 0 saturated carbocycles. The van der Waals surface area contributed by atoms with Gasteiger partial charge in [-0.3, -0.25) is 0 Å². The largest absolute Gasteiger partial charge is 0.381 e. The highest BCUT2D eigenvalue weighted by molar-refractivity contribution is 5.19. The van der Waals surface area contributed by atoms with Gasteiger partial charge < -0.3 is 10.1 Å². The van der Waals surface area contributed by atoms with Crippen molar-refractivity contribution in [2.24, 2.45) is 0 Å². The highest BCUT2D eigenvalue weighted by atomic mass is 16.5. The Morgan fingerprint density at radius 3 is 3.13 bits per heavy atom. The summed E-state index contributed by atoms with van der Waals surface area (Å²) in [6, 6.07) is 0. The lowest BCUT2D eigenvalue weighted by Gasteiger charge is -2.23. The average Bonchev–Trinajstić information content (AvgIpc) is 2.69. The molecule has 2 heterocycles. The van der Waals surface area contributed by atoms with Gasteiger partial charge in [-0.2, -0.15) is 0 Å². The molecule has 1 atom stereocenters. The van der Waals surface area contributed by atoms with Crippen LogP contribution in [0.25, 0.3) is 0 Å². The molecule has 1 N–H and O–H groups in total. The van der Waals surface area contributed by atoms with Crippen molar-refractivity contribution < 1.29 is 4.74 Å². The zero-order valence-electron chi connectivity index (χ0n) is 9.36. The van der Waals surface area contributed by atoms with Gasteiger partial charge >= 0.3 is 0 Å². The summed E-state index contributed by atoms with van der Waals surface area (Å²) < 4.78 is 7.48. The Kier molecular flexibility index (Phi) is 3.33. The minimum absolute atomic E-state index is 0.392. The SMILES string of the molecule is CCOCC1CNCc2nnn(CC)c21. The van der Waals surface area contributed by atoms with Crippen molar-refractivity contribution in [3.8, 4) is 0 Å². The molecule has 0 bridgehead atoms. The summed E-state index contributed by atoms with van der Waals surface area (Å²) in [5.41, 5.74) is 2.33. The second-order valence-electron chi connectivity index (χ2n) is 3.72. The van der Waals surface area contributed by atoms with Gasteiger partial charge in [0.2, 0.25) is 0 Å². The first-order chi connectivity index (χ1) is 7.36. The molecular formula is C10H18N4O. The zero-order chi connectivity index (χ0) is 10.7. The van der Waals surface area contributed by atoms with Gasteiger partial charge in [0.05, 0.1) is 12.3 Å². The number of rotatable bonds is 4. The molecule has 1 unspecified atom stereocenters. The maximum atomic E-state index is 5.49. The molecule has 84 valence electrons. The fourth-order valence-corrected chi connectivity index (χ4v) is 2.02. The van der Waals surface area contributed by atoms with E-state index in [1.165, 1.54) is 5.69 Å². The number of fused-ring (bicyclic) bond motifs is 1. The van der Waals surface area contributed by atoms with Gasteiger partial charge in [0.1, 0.15) is 5.69 Å². The zero-order valence-corrected chi connectivity index (χ0v) is 9.36. The first-order valence-electron chi connectivity index (χ1n) is 5.57. The second-order valence-corrected chi connectivity index (χ2v) is 3.72. The van der Waals surface area contributed by atoms with Gasteiger partial charge in [-0.25, -0.2) is 4.68 Å². The van der Waals surface area contributed by atoms with Crippen molar-refractivity contribution in [2.75, 3.05) is 19.8 Å². The van der Waals surface area contributed by atoms with Gasteiger partial charge in [-0.05, 0) is 13.8 Å². The van der Waals surface area contributed by atoms with Crippen molar-refractivity contribution >= 4 is 0 Å². The van der Waals surface area contributed by atoms with Crippen molar-refractivity contribution in [2.45, 2.75) is 32.9 Å². The molecule has 5 nitrogen and oxygen atoms in total. The summed E-state index contributed by atoms with van der Waals surface area (Å²) >= 11 is 0. The predicted octanol–water partition coefficient (Wildman–Crippen LogP) is 0.521. The number of aromatic nitrogens is 3. The van der Waals surface area contributed by atoms with E-state index in [1.807, 2.05) is 11.6 Å². The lowest BCUT2D eigenvalue weighted by molar-refractivity contribution is 0.127. The van der Waals surface area contributed by atoms with E-state index in [9.17, 15) is 0 Å². The lowest BCUT2D eigenvalue weighted by atomic mass is 10.0. The van der Waals surface area contributed by atoms with E-state index < -0.39 is 0 Å². The molecular weight excluding hydrogens is 192 g/mol. The van der Waals surface area contributed by atoms with Crippen LogP contribution in [0.3, 0.4) is 0 Å². The molecule has 1 aromatic rings. The normalized spacial score (nSPS) is 20.3. The van der Waals surface area contributed by atoms with E-state index in [0.717, 1.165) is 38.5 Å². The fraction of sp³-hybridized carbons (Fsp3) is 0.800.